The molecule has 13 heavy (non-hydrogen) atoms. The van der Waals surface area contributed by atoms with E-state index in [1.165, 1.54) is 0 Å². The fraction of sp³-hybridized carbons (Fsp3) is 1.00. The van der Waals surface area contributed by atoms with Gasteiger partial charge in [0.1, 0.15) is 0 Å². The molecule has 0 radical (unpaired) electrons. The molecule has 0 aliphatic heterocycles. The summed E-state index contributed by atoms with van der Waals surface area (Å²) in [4.78, 5) is 0. The molecule has 0 heterocycles. The molecule has 0 spiro atoms. The molecule has 5 N–H and O–H groups in total. The van der Waals surface area contributed by atoms with E-state index in [4.69, 9.17) is 15.3 Å². The second kappa shape index (κ2) is 7.23. The molecule has 0 saturated heterocycles. The Morgan fingerprint density at radius 3 is 2.00 bits per heavy atom. The van der Waals surface area contributed by atoms with Crippen LogP contribution in [0.3, 0.4) is 0 Å². The third-order valence-electron chi connectivity index (χ3n) is 1.83. The van der Waals surface area contributed by atoms with Crippen LogP contribution in [0.4, 0.5) is 0 Å². The van der Waals surface area contributed by atoms with E-state index in [9.17, 15) is 10.2 Å². The van der Waals surface area contributed by atoms with Crippen molar-refractivity contribution in [3.8, 4) is 0 Å². The van der Waals surface area contributed by atoms with Crippen LogP contribution >= 0.6 is 0 Å². The van der Waals surface area contributed by atoms with Gasteiger partial charge in [0, 0.05) is 13.0 Å². The fourth-order valence-electron chi connectivity index (χ4n) is 1.00. The minimum atomic E-state index is -1.05. The summed E-state index contributed by atoms with van der Waals surface area (Å²) in [6.45, 7) is -0.462. The van der Waals surface area contributed by atoms with Gasteiger partial charge >= 0.3 is 0 Å². The molecular formula is C8H18O5. The van der Waals surface area contributed by atoms with Crippen LogP contribution in [0, 0.1) is 0 Å². The second-order valence-corrected chi connectivity index (χ2v) is 3.07. The van der Waals surface area contributed by atoms with Crippen molar-refractivity contribution < 1.29 is 25.5 Å². The maximum absolute atomic E-state index is 9.24. The van der Waals surface area contributed by atoms with Crippen LogP contribution in [0.1, 0.15) is 19.3 Å². The first kappa shape index (κ1) is 12.8. The molecular weight excluding hydrogens is 176 g/mol. The van der Waals surface area contributed by atoms with Crippen LogP contribution in [0.15, 0.2) is 0 Å². The summed E-state index contributed by atoms with van der Waals surface area (Å²) in [6, 6.07) is 0. The van der Waals surface area contributed by atoms with Gasteiger partial charge in [0.2, 0.25) is 0 Å². The van der Waals surface area contributed by atoms with Crippen LogP contribution in [-0.4, -0.2) is 57.1 Å². The quantitative estimate of drug-likeness (QED) is 0.330. The Morgan fingerprint density at radius 1 is 0.923 bits per heavy atom. The first-order valence-electron chi connectivity index (χ1n) is 4.37. The number of hydrogen-bond acceptors (Lipinski definition) is 5. The van der Waals surface area contributed by atoms with E-state index in [0.717, 1.165) is 0 Å². The fourth-order valence-corrected chi connectivity index (χ4v) is 1.00. The van der Waals surface area contributed by atoms with Crippen molar-refractivity contribution in [2.75, 3.05) is 13.2 Å². The van der Waals surface area contributed by atoms with Gasteiger partial charge in [0.05, 0.1) is 24.9 Å². The average molecular weight is 194 g/mol. The van der Waals surface area contributed by atoms with Crippen LogP contribution in [0.5, 0.6) is 0 Å². The second-order valence-electron chi connectivity index (χ2n) is 3.07. The summed E-state index contributed by atoms with van der Waals surface area (Å²) < 4.78 is 0. The molecule has 3 unspecified atom stereocenters. The number of hydrogen-bond donors (Lipinski definition) is 5. The maximum atomic E-state index is 9.24. The highest BCUT2D eigenvalue weighted by Crippen LogP contribution is 2.07. The highest BCUT2D eigenvalue weighted by Gasteiger charge is 2.18. The minimum Gasteiger partial charge on any atom is -0.396 e. The minimum absolute atomic E-state index is 0.0354. The van der Waals surface area contributed by atoms with Crippen LogP contribution in [-0.2, 0) is 0 Å². The van der Waals surface area contributed by atoms with E-state index in [-0.39, 0.29) is 19.4 Å². The van der Waals surface area contributed by atoms with Crippen molar-refractivity contribution in [1.82, 2.24) is 0 Å². The van der Waals surface area contributed by atoms with Crippen molar-refractivity contribution in [2.24, 2.45) is 0 Å². The lowest BCUT2D eigenvalue weighted by molar-refractivity contribution is -0.0280. The molecule has 0 aliphatic carbocycles. The zero-order valence-electron chi connectivity index (χ0n) is 7.50. The number of aliphatic hydroxyl groups excluding tert-OH is 5. The Morgan fingerprint density at radius 2 is 1.54 bits per heavy atom. The molecule has 5 heteroatoms. The molecule has 0 aromatic heterocycles. The monoisotopic (exact) mass is 194 g/mol. The predicted molar refractivity (Wildman–Crippen MR) is 46.0 cm³/mol. The predicted octanol–water partition coefficient (Wildman–Crippen LogP) is -1.78. The zero-order chi connectivity index (χ0) is 10.3. The molecule has 0 aromatic carbocycles. The third-order valence-corrected chi connectivity index (χ3v) is 1.83. The zero-order valence-corrected chi connectivity index (χ0v) is 7.50. The summed E-state index contributed by atoms with van der Waals surface area (Å²) in [6.07, 6.45) is -2.35. The van der Waals surface area contributed by atoms with Gasteiger partial charge in [0.15, 0.2) is 0 Å². The maximum Gasteiger partial charge on any atom is 0.0824 e. The van der Waals surface area contributed by atoms with E-state index in [0.29, 0.717) is 6.42 Å². The first-order valence-corrected chi connectivity index (χ1v) is 4.37. The Kier molecular flexibility index (Phi) is 7.12. The average Bonchev–Trinajstić information content (AvgIpc) is 2.13. The topological polar surface area (TPSA) is 101 Å². The van der Waals surface area contributed by atoms with Gasteiger partial charge < -0.3 is 25.5 Å². The van der Waals surface area contributed by atoms with E-state index in [1.54, 1.807) is 0 Å². The van der Waals surface area contributed by atoms with E-state index in [2.05, 4.69) is 0 Å². The van der Waals surface area contributed by atoms with Gasteiger partial charge in [-0.15, -0.1) is 0 Å². The van der Waals surface area contributed by atoms with Crippen LogP contribution < -0.4 is 0 Å². The van der Waals surface area contributed by atoms with Crippen LogP contribution in [0.25, 0.3) is 0 Å². The molecule has 0 saturated carbocycles. The van der Waals surface area contributed by atoms with E-state index < -0.39 is 24.9 Å². The summed E-state index contributed by atoms with van der Waals surface area (Å²) in [5.41, 5.74) is 0. The van der Waals surface area contributed by atoms with E-state index in [1.807, 2.05) is 0 Å². The largest absolute Gasteiger partial charge is 0.396 e. The van der Waals surface area contributed by atoms with Gasteiger partial charge in [-0.3, -0.25) is 0 Å². The van der Waals surface area contributed by atoms with Crippen molar-refractivity contribution in [3.05, 3.63) is 0 Å². The smallest absolute Gasteiger partial charge is 0.0824 e. The Labute approximate surface area is 77.3 Å². The van der Waals surface area contributed by atoms with Crippen molar-refractivity contribution in [1.29, 1.82) is 0 Å². The third kappa shape index (κ3) is 5.95. The van der Waals surface area contributed by atoms with Crippen molar-refractivity contribution in [3.63, 3.8) is 0 Å². The lowest BCUT2D eigenvalue weighted by Crippen LogP contribution is -2.31. The molecule has 5 nitrogen and oxygen atoms in total. The lowest BCUT2D eigenvalue weighted by Gasteiger charge is -2.19. The van der Waals surface area contributed by atoms with Crippen molar-refractivity contribution in [2.45, 2.75) is 37.6 Å². The molecule has 0 aliphatic rings. The Balaban J connectivity index is 3.61. The molecule has 0 fully saturated rings. The Bertz CT molecular complexity index is 119. The highest BCUT2D eigenvalue weighted by atomic mass is 16.3. The molecule has 80 valence electrons. The number of aliphatic hydroxyl groups is 5. The molecule has 3 atom stereocenters. The SMILES string of the molecule is OCCCC(O)C(O)CC(O)CO. The van der Waals surface area contributed by atoms with Gasteiger partial charge in [-0.05, 0) is 12.8 Å². The Hall–Kier alpha value is -0.200. The lowest BCUT2D eigenvalue weighted by atomic mass is 10.0. The number of rotatable bonds is 7. The van der Waals surface area contributed by atoms with E-state index >= 15 is 0 Å². The molecule has 0 rings (SSSR count). The summed E-state index contributed by atoms with van der Waals surface area (Å²) in [7, 11) is 0. The molecule has 0 bridgehead atoms. The normalized spacial score (nSPS) is 18.2. The van der Waals surface area contributed by atoms with Gasteiger partial charge in [-0.2, -0.15) is 0 Å². The first-order chi connectivity index (χ1) is 6.11. The molecule has 0 aromatic rings. The summed E-state index contributed by atoms with van der Waals surface area (Å²) in [5, 5.41) is 44.3. The van der Waals surface area contributed by atoms with Gasteiger partial charge in [-0.25, -0.2) is 0 Å². The van der Waals surface area contributed by atoms with Crippen LogP contribution in [0.2, 0.25) is 0 Å². The highest BCUT2D eigenvalue weighted by molar-refractivity contribution is 4.70. The molecule has 0 amide bonds. The van der Waals surface area contributed by atoms with Crippen molar-refractivity contribution >= 4 is 0 Å². The van der Waals surface area contributed by atoms with Gasteiger partial charge in [0.25, 0.3) is 0 Å². The standard InChI is InChI=1S/C8H18O5/c9-3-1-2-7(12)8(13)4-6(11)5-10/h6-13H,1-5H2. The summed E-state index contributed by atoms with van der Waals surface area (Å²) >= 11 is 0. The summed E-state index contributed by atoms with van der Waals surface area (Å²) in [5.74, 6) is 0. The van der Waals surface area contributed by atoms with Gasteiger partial charge in [-0.1, -0.05) is 0 Å².